The van der Waals surface area contributed by atoms with E-state index in [0.29, 0.717) is 23.3 Å². The Kier molecular flexibility index (Phi) is 7.24. The molecule has 0 radical (unpaired) electrons. The van der Waals surface area contributed by atoms with E-state index in [1.807, 2.05) is 35.0 Å². The van der Waals surface area contributed by atoms with Gasteiger partial charge in [0.05, 0.1) is 11.4 Å². The van der Waals surface area contributed by atoms with Crippen molar-refractivity contribution < 1.29 is 18.7 Å². The number of para-hydroxylation sites is 1. The maximum Gasteiger partial charge on any atom is 0.282 e. The molecule has 0 saturated heterocycles. The molecule has 3 N–H and O–H groups in total. The molecule has 0 atom stereocenters. The number of aldehydes is 1. The van der Waals surface area contributed by atoms with Gasteiger partial charge in [0.25, 0.3) is 11.5 Å². The monoisotopic (exact) mass is 489 g/mol. The molecule has 0 aliphatic carbocycles. The van der Waals surface area contributed by atoms with Crippen molar-refractivity contribution in [2.24, 2.45) is 5.73 Å². The van der Waals surface area contributed by atoms with Crippen LogP contribution in [0.3, 0.4) is 0 Å². The summed E-state index contributed by atoms with van der Waals surface area (Å²) in [6.45, 7) is 0.799. The SMILES string of the molecule is CNc1ccc(Oc2ccnc(C(N)=O)c2)c(F)c1.O=Cc1c2n(n(-c3ccccc3)c1=O)CCC2. The number of carbonyl (C=O) groups is 2. The Morgan fingerprint density at radius 2 is 1.94 bits per heavy atom. The van der Waals surface area contributed by atoms with Gasteiger partial charge in [0.15, 0.2) is 17.9 Å². The van der Waals surface area contributed by atoms with Crippen LogP contribution in [0.15, 0.2) is 71.7 Å². The highest BCUT2D eigenvalue weighted by Crippen LogP contribution is 2.26. The quantitative estimate of drug-likeness (QED) is 0.400. The van der Waals surface area contributed by atoms with Gasteiger partial charge < -0.3 is 15.8 Å². The molecule has 184 valence electrons. The fourth-order valence-electron chi connectivity index (χ4n) is 3.92. The third kappa shape index (κ3) is 5.02. The van der Waals surface area contributed by atoms with Crippen LogP contribution in [0.2, 0.25) is 0 Å². The van der Waals surface area contributed by atoms with Crippen LogP contribution >= 0.6 is 0 Å². The number of nitrogens with one attached hydrogen (secondary N) is 1. The molecule has 2 aromatic carbocycles. The van der Waals surface area contributed by atoms with Crippen molar-refractivity contribution >= 4 is 17.9 Å². The molecule has 4 aromatic rings. The summed E-state index contributed by atoms with van der Waals surface area (Å²) in [5, 5.41) is 2.82. The highest BCUT2D eigenvalue weighted by molar-refractivity contribution is 5.91. The zero-order chi connectivity index (χ0) is 25.7. The Bertz CT molecular complexity index is 1460. The molecule has 10 heteroatoms. The van der Waals surface area contributed by atoms with Crippen molar-refractivity contribution in [1.29, 1.82) is 0 Å². The Morgan fingerprint density at radius 1 is 1.17 bits per heavy atom. The van der Waals surface area contributed by atoms with Crippen LogP contribution in [-0.2, 0) is 13.0 Å². The van der Waals surface area contributed by atoms with Crippen LogP contribution in [0.25, 0.3) is 5.69 Å². The summed E-state index contributed by atoms with van der Waals surface area (Å²) < 4.78 is 22.6. The summed E-state index contributed by atoms with van der Waals surface area (Å²) >= 11 is 0. The van der Waals surface area contributed by atoms with Gasteiger partial charge in [-0.1, -0.05) is 18.2 Å². The molecule has 0 fully saturated rings. The van der Waals surface area contributed by atoms with Crippen molar-refractivity contribution in [2.45, 2.75) is 19.4 Å². The van der Waals surface area contributed by atoms with E-state index in [1.165, 1.54) is 30.5 Å². The number of anilines is 1. The van der Waals surface area contributed by atoms with Gasteiger partial charge >= 0.3 is 0 Å². The van der Waals surface area contributed by atoms with Crippen molar-refractivity contribution in [3.8, 4) is 17.2 Å². The number of nitrogens with two attached hydrogens (primary N) is 1. The Morgan fingerprint density at radius 3 is 2.61 bits per heavy atom. The number of hydrogen-bond donors (Lipinski definition) is 2. The molecule has 1 amide bonds. The van der Waals surface area contributed by atoms with Gasteiger partial charge in [-0.3, -0.25) is 24.0 Å². The van der Waals surface area contributed by atoms with Crippen LogP contribution in [-0.4, -0.2) is 33.6 Å². The lowest BCUT2D eigenvalue weighted by Gasteiger charge is -2.08. The number of ether oxygens (including phenoxy) is 1. The first-order valence-corrected chi connectivity index (χ1v) is 11.2. The van der Waals surface area contributed by atoms with Crippen LogP contribution < -0.4 is 21.3 Å². The molecular formula is C26H24FN5O4. The maximum atomic E-state index is 13.7. The minimum absolute atomic E-state index is 0.0561. The van der Waals surface area contributed by atoms with Crippen LogP contribution in [0.4, 0.5) is 10.1 Å². The minimum Gasteiger partial charge on any atom is -0.454 e. The summed E-state index contributed by atoms with van der Waals surface area (Å²) in [5.41, 5.74) is 7.59. The molecule has 5 rings (SSSR count). The highest BCUT2D eigenvalue weighted by Gasteiger charge is 2.23. The lowest BCUT2D eigenvalue weighted by Crippen LogP contribution is -2.21. The summed E-state index contributed by atoms with van der Waals surface area (Å²) in [6, 6.07) is 16.8. The molecule has 0 bridgehead atoms. The Labute approximate surface area is 205 Å². The molecule has 0 spiro atoms. The summed E-state index contributed by atoms with van der Waals surface area (Å²) in [7, 11) is 1.69. The van der Waals surface area contributed by atoms with Crippen molar-refractivity contribution in [3.63, 3.8) is 0 Å². The van der Waals surface area contributed by atoms with E-state index in [-0.39, 0.29) is 17.0 Å². The third-order valence-electron chi connectivity index (χ3n) is 5.62. The van der Waals surface area contributed by atoms with Crippen molar-refractivity contribution in [3.05, 3.63) is 100.0 Å². The molecule has 9 nitrogen and oxygen atoms in total. The molecule has 36 heavy (non-hydrogen) atoms. The average molecular weight is 490 g/mol. The van der Waals surface area contributed by atoms with E-state index in [0.717, 1.165) is 30.8 Å². The van der Waals surface area contributed by atoms with E-state index in [9.17, 15) is 18.8 Å². The minimum atomic E-state index is -0.670. The molecule has 1 aliphatic heterocycles. The Balaban J connectivity index is 0.000000170. The largest absolute Gasteiger partial charge is 0.454 e. The van der Waals surface area contributed by atoms with Gasteiger partial charge in [-0.15, -0.1) is 0 Å². The number of benzene rings is 2. The fraction of sp³-hybridized carbons (Fsp3) is 0.154. The molecule has 0 saturated carbocycles. The second kappa shape index (κ2) is 10.7. The van der Waals surface area contributed by atoms with E-state index in [4.69, 9.17) is 10.5 Å². The number of pyridine rings is 1. The van der Waals surface area contributed by atoms with E-state index in [1.54, 1.807) is 17.8 Å². The van der Waals surface area contributed by atoms with Gasteiger partial charge in [0.2, 0.25) is 0 Å². The standard InChI is InChI=1S/C13H12FN3O2.C13H12N2O2/c1-16-8-2-3-12(10(14)6-8)19-9-4-5-17-11(7-9)13(15)18;16-9-11-12-7-4-8-14(12)15(13(11)17)10-5-2-1-3-6-10/h2-7,16H,1H3,(H2,15,18);1-3,5-6,9H,4,7-8H2. The number of amides is 1. The van der Waals surface area contributed by atoms with Crippen LogP contribution in [0.1, 0.15) is 33.0 Å². The smallest absolute Gasteiger partial charge is 0.282 e. The summed E-state index contributed by atoms with van der Waals surface area (Å²) in [5.74, 6) is -0.832. The second-order valence-electron chi connectivity index (χ2n) is 7.90. The first-order chi connectivity index (χ1) is 17.4. The number of fused-ring (bicyclic) bond motifs is 1. The first kappa shape index (κ1) is 24.4. The molecule has 1 aliphatic rings. The number of carbonyl (C=O) groups excluding carboxylic acids is 2. The van der Waals surface area contributed by atoms with Gasteiger partial charge in [0, 0.05) is 37.6 Å². The number of primary amides is 1. The molecular weight excluding hydrogens is 465 g/mol. The molecule has 0 unspecified atom stereocenters. The van der Waals surface area contributed by atoms with Crippen molar-refractivity contribution in [2.75, 3.05) is 12.4 Å². The lowest BCUT2D eigenvalue weighted by molar-refractivity contribution is 0.0994. The predicted octanol–water partition coefficient (Wildman–Crippen LogP) is 3.55. The van der Waals surface area contributed by atoms with E-state index < -0.39 is 11.7 Å². The number of rotatable bonds is 6. The fourth-order valence-corrected chi connectivity index (χ4v) is 3.92. The first-order valence-electron chi connectivity index (χ1n) is 11.2. The third-order valence-corrected chi connectivity index (χ3v) is 5.62. The number of nitrogens with zero attached hydrogens (tertiary/aromatic N) is 3. The molecule has 3 heterocycles. The van der Waals surface area contributed by atoms with Gasteiger partial charge in [-0.25, -0.2) is 9.07 Å². The zero-order valence-electron chi connectivity index (χ0n) is 19.5. The highest BCUT2D eigenvalue weighted by atomic mass is 19.1. The van der Waals surface area contributed by atoms with Crippen molar-refractivity contribution in [1.82, 2.24) is 14.3 Å². The van der Waals surface area contributed by atoms with E-state index in [2.05, 4.69) is 10.3 Å². The number of halogens is 1. The normalized spacial score (nSPS) is 11.7. The number of aromatic nitrogens is 3. The zero-order valence-corrected chi connectivity index (χ0v) is 19.5. The summed E-state index contributed by atoms with van der Waals surface area (Å²) in [6.07, 6.45) is 3.85. The topological polar surface area (TPSA) is 121 Å². The van der Waals surface area contributed by atoms with Gasteiger partial charge in [-0.2, -0.15) is 0 Å². The summed E-state index contributed by atoms with van der Waals surface area (Å²) in [4.78, 5) is 37.9. The molecule has 2 aromatic heterocycles. The number of hydrogen-bond acceptors (Lipinski definition) is 6. The predicted molar refractivity (Wildman–Crippen MR) is 133 cm³/mol. The maximum absolute atomic E-state index is 13.7. The van der Waals surface area contributed by atoms with Crippen LogP contribution in [0.5, 0.6) is 11.5 Å². The van der Waals surface area contributed by atoms with E-state index >= 15 is 0 Å². The van der Waals surface area contributed by atoms with Gasteiger partial charge in [-0.05, 0) is 43.2 Å². The average Bonchev–Trinajstić information content (AvgIpc) is 3.45. The second-order valence-corrected chi connectivity index (χ2v) is 7.90. The van der Waals surface area contributed by atoms with Crippen LogP contribution in [0, 0.1) is 5.82 Å². The lowest BCUT2D eigenvalue weighted by atomic mass is 10.2. The van der Waals surface area contributed by atoms with Gasteiger partial charge in [0.1, 0.15) is 17.0 Å². The Hall–Kier alpha value is -4.73.